The number of carbonyl (C=O) groups excluding carboxylic acids is 2. The van der Waals surface area contributed by atoms with Gasteiger partial charge in [-0.1, -0.05) is 36.4 Å². The molecule has 9 nitrogen and oxygen atoms in total. The van der Waals surface area contributed by atoms with Crippen molar-refractivity contribution in [2.24, 2.45) is 0 Å². The van der Waals surface area contributed by atoms with E-state index in [2.05, 4.69) is 25.7 Å². The van der Waals surface area contributed by atoms with Crippen molar-refractivity contribution in [3.63, 3.8) is 0 Å². The number of imide groups is 1. The van der Waals surface area contributed by atoms with E-state index < -0.39 is 11.9 Å². The lowest BCUT2D eigenvalue weighted by Gasteiger charge is -2.06. The number of hydrogen-bond acceptors (Lipinski definition) is 6. The van der Waals surface area contributed by atoms with Crippen LogP contribution in [0, 0.1) is 0 Å². The van der Waals surface area contributed by atoms with Crippen LogP contribution in [0.3, 0.4) is 0 Å². The minimum atomic E-state index is -0.552. The minimum Gasteiger partial charge on any atom is -0.338 e. The van der Waals surface area contributed by atoms with Gasteiger partial charge in [0.2, 0.25) is 5.91 Å². The number of aromatic nitrogens is 4. The van der Waals surface area contributed by atoms with Crippen molar-refractivity contribution in [1.29, 1.82) is 0 Å². The van der Waals surface area contributed by atoms with Crippen LogP contribution in [0.25, 0.3) is 16.7 Å². The van der Waals surface area contributed by atoms with Gasteiger partial charge in [0.1, 0.15) is 5.39 Å². The van der Waals surface area contributed by atoms with Gasteiger partial charge in [0, 0.05) is 11.6 Å². The molecule has 11 heteroatoms. The first-order valence-electron chi connectivity index (χ1n) is 8.42. The fourth-order valence-corrected chi connectivity index (χ4v) is 3.18. The summed E-state index contributed by atoms with van der Waals surface area (Å²) in [5.74, 6) is -0.580. The molecule has 3 rings (SSSR count). The molecule has 0 bridgehead atoms. The van der Waals surface area contributed by atoms with Crippen molar-refractivity contribution in [2.45, 2.75) is 18.5 Å². The molecular formula is C17H17ClN6O3S. The number of benzene rings is 1. The summed E-state index contributed by atoms with van der Waals surface area (Å²) < 4.78 is 1.50. The molecule has 1 aromatic carbocycles. The first-order chi connectivity index (χ1) is 13.5. The molecule has 2 heterocycles. The minimum absolute atomic E-state index is 0.0840. The molecule has 3 aromatic rings. The lowest BCUT2D eigenvalue weighted by Crippen LogP contribution is -2.40. The summed E-state index contributed by atoms with van der Waals surface area (Å²) in [4.78, 5) is 42.7. The topological polar surface area (TPSA) is 122 Å². The largest absolute Gasteiger partial charge is 0.338 e. The summed E-state index contributed by atoms with van der Waals surface area (Å²) in [7, 11) is 0. The van der Waals surface area contributed by atoms with E-state index in [0.717, 1.165) is 18.2 Å². The second-order valence-corrected chi connectivity index (χ2v) is 7.14. The zero-order valence-electron chi connectivity index (χ0n) is 14.9. The van der Waals surface area contributed by atoms with Crippen LogP contribution in [-0.4, -0.2) is 44.0 Å². The Hall–Kier alpha value is -2.85. The van der Waals surface area contributed by atoms with Crippen LogP contribution in [0.5, 0.6) is 0 Å². The SMILES string of the molecule is CCCNC(=O)NC(=O)CSc1nc2c(cnn2-c2cccc(Cl)c2)c(=O)[nH]1. The molecule has 3 N–H and O–H groups in total. The van der Waals surface area contributed by atoms with Crippen molar-refractivity contribution >= 4 is 46.3 Å². The lowest BCUT2D eigenvalue weighted by atomic mass is 10.3. The van der Waals surface area contributed by atoms with Gasteiger partial charge in [0.05, 0.1) is 17.6 Å². The predicted octanol–water partition coefficient (Wildman–Crippen LogP) is 2.09. The summed E-state index contributed by atoms with van der Waals surface area (Å²) in [6.45, 7) is 2.38. The Kier molecular flexibility index (Phi) is 6.32. The Morgan fingerprint density at radius 3 is 2.93 bits per heavy atom. The predicted molar refractivity (Wildman–Crippen MR) is 107 cm³/mol. The first kappa shape index (κ1) is 19.9. The Balaban J connectivity index is 1.78. The Morgan fingerprint density at radius 1 is 1.36 bits per heavy atom. The van der Waals surface area contributed by atoms with E-state index in [1.54, 1.807) is 24.3 Å². The molecule has 0 unspecified atom stereocenters. The van der Waals surface area contributed by atoms with E-state index in [1.165, 1.54) is 10.9 Å². The standard InChI is InChI=1S/C17H17ClN6O3S/c1-2-6-19-16(27)21-13(25)9-28-17-22-14-12(15(26)23-17)8-20-24(14)11-5-3-4-10(18)7-11/h3-5,7-8H,2,6,9H2,1H3,(H,22,23,26)(H2,19,21,25,27). The molecule has 0 saturated carbocycles. The molecule has 0 radical (unpaired) electrons. The maximum atomic E-state index is 12.3. The molecule has 0 aliphatic rings. The molecule has 0 fully saturated rings. The van der Waals surface area contributed by atoms with E-state index in [9.17, 15) is 14.4 Å². The van der Waals surface area contributed by atoms with Crippen molar-refractivity contribution in [2.75, 3.05) is 12.3 Å². The molecule has 3 amide bonds. The number of aromatic amines is 1. The van der Waals surface area contributed by atoms with Gasteiger partial charge in [-0.15, -0.1) is 0 Å². The monoisotopic (exact) mass is 420 g/mol. The van der Waals surface area contributed by atoms with Gasteiger partial charge in [-0.25, -0.2) is 14.5 Å². The van der Waals surface area contributed by atoms with Gasteiger partial charge in [0.15, 0.2) is 10.8 Å². The fraction of sp³-hybridized carbons (Fsp3) is 0.235. The number of fused-ring (bicyclic) bond motifs is 1. The quantitative estimate of drug-likeness (QED) is 0.414. The highest BCUT2D eigenvalue weighted by Crippen LogP contribution is 2.19. The zero-order valence-corrected chi connectivity index (χ0v) is 16.4. The number of carbonyl (C=O) groups is 2. The molecule has 0 spiro atoms. The van der Waals surface area contributed by atoms with Crippen LogP contribution in [0.1, 0.15) is 13.3 Å². The van der Waals surface area contributed by atoms with E-state index in [1.807, 2.05) is 6.92 Å². The molecule has 0 saturated heterocycles. The highest BCUT2D eigenvalue weighted by Gasteiger charge is 2.14. The molecule has 28 heavy (non-hydrogen) atoms. The summed E-state index contributed by atoms with van der Waals surface area (Å²) in [5, 5.41) is 10.0. The molecule has 2 aromatic heterocycles. The number of nitrogens with zero attached hydrogens (tertiary/aromatic N) is 3. The highest BCUT2D eigenvalue weighted by molar-refractivity contribution is 7.99. The summed E-state index contributed by atoms with van der Waals surface area (Å²) in [6, 6.07) is 6.43. The van der Waals surface area contributed by atoms with E-state index in [0.29, 0.717) is 28.3 Å². The average Bonchev–Trinajstić information content (AvgIpc) is 3.09. The van der Waals surface area contributed by atoms with Crippen molar-refractivity contribution in [3.05, 3.63) is 45.8 Å². The third-order valence-electron chi connectivity index (χ3n) is 3.60. The molecule has 146 valence electrons. The fourth-order valence-electron chi connectivity index (χ4n) is 2.34. The van der Waals surface area contributed by atoms with Crippen LogP contribution in [-0.2, 0) is 4.79 Å². The molecule has 0 atom stereocenters. The third-order valence-corrected chi connectivity index (χ3v) is 4.71. The van der Waals surface area contributed by atoms with Crippen molar-refractivity contribution in [3.8, 4) is 5.69 Å². The molecular weight excluding hydrogens is 404 g/mol. The number of thioether (sulfide) groups is 1. The van der Waals surface area contributed by atoms with Gasteiger partial charge in [0.25, 0.3) is 5.56 Å². The lowest BCUT2D eigenvalue weighted by molar-refractivity contribution is -0.117. The van der Waals surface area contributed by atoms with Gasteiger partial charge in [-0.3, -0.25) is 14.9 Å². The second-order valence-electron chi connectivity index (χ2n) is 5.74. The number of halogens is 1. The average molecular weight is 421 g/mol. The van der Waals surface area contributed by atoms with Crippen molar-refractivity contribution in [1.82, 2.24) is 30.4 Å². The maximum Gasteiger partial charge on any atom is 0.321 e. The van der Waals surface area contributed by atoms with Crippen molar-refractivity contribution < 1.29 is 9.59 Å². The van der Waals surface area contributed by atoms with E-state index >= 15 is 0 Å². The van der Waals surface area contributed by atoms with Gasteiger partial charge in [-0.2, -0.15) is 5.10 Å². The van der Waals surface area contributed by atoms with Gasteiger partial charge in [-0.05, 0) is 24.6 Å². The zero-order chi connectivity index (χ0) is 20.1. The van der Waals surface area contributed by atoms with E-state index in [-0.39, 0.29) is 16.5 Å². The van der Waals surface area contributed by atoms with Gasteiger partial charge >= 0.3 is 6.03 Å². The molecule has 0 aliphatic carbocycles. The highest BCUT2D eigenvalue weighted by atomic mass is 35.5. The molecule has 0 aliphatic heterocycles. The number of nitrogens with one attached hydrogen (secondary N) is 3. The summed E-state index contributed by atoms with van der Waals surface area (Å²) in [5.41, 5.74) is 0.623. The summed E-state index contributed by atoms with van der Waals surface area (Å²) >= 11 is 7.03. The third kappa shape index (κ3) is 4.70. The maximum absolute atomic E-state index is 12.3. The first-order valence-corrected chi connectivity index (χ1v) is 9.78. The van der Waals surface area contributed by atoms with E-state index in [4.69, 9.17) is 11.6 Å². The van der Waals surface area contributed by atoms with Crippen LogP contribution in [0.2, 0.25) is 5.02 Å². The van der Waals surface area contributed by atoms with Crippen LogP contribution >= 0.6 is 23.4 Å². The van der Waals surface area contributed by atoms with Gasteiger partial charge < -0.3 is 10.3 Å². The number of amides is 3. The van der Waals surface area contributed by atoms with Crippen LogP contribution < -0.4 is 16.2 Å². The smallest absolute Gasteiger partial charge is 0.321 e. The van der Waals surface area contributed by atoms with Crippen LogP contribution in [0.15, 0.2) is 40.4 Å². The number of urea groups is 1. The number of rotatable bonds is 6. The Bertz CT molecular complexity index is 1080. The number of H-pyrrole nitrogens is 1. The Labute approximate surface area is 168 Å². The second kappa shape index (κ2) is 8.89. The van der Waals surface area contributed by atoms with Crippen LogP contribution in [0.4, 0.5) is 4.79 Å². The number of hydrogen-bond donors (Lipinski definition) is 3. The normalized spacial score (nSPS) is 10.8. The summed E-state index contributed by atoms with van der Waals surface area (Å²) in [6.07, 6.45) is 2.18. The Morgan fingerprint density at radius 2 is 2.18 bits per heavy atom.